The number of alkyl halides is 2. The van der Waals surface area contributed by atoms with Crippen LogP contribution in [0.1, 0.15) is 18.8 Å². The van der Waals surface area contributed by atoms with Crippen LogP contribution in [0.15, 0.2) is 17.1 Å². The summed E-state index contributed by atoms with van der Waals surface area (Å²) < 4.78 is 30.5. The molecule has 1 unspecified atom stereocenters. The Balaban J connectivity index is 2.21. The number of ether oxygens (including phenoxy) is 1. The Kier molecular flexibility index (Phi) is 4.55. The third-order valence-electron chi connectivity index (χ3n) is 2.19. The molecule has 0 spiro atoms. The van der Waals surface area contributed by atoms with Gasteiger partial charge in [-0.1, -0.05) is 0 Å². The number of rotatable bonds is 5. The van der Waals surface area contributed by atoms with E-state index in [-0.39, 0.29) is 17.7 Å². The van der Waals surface area contributed by atoms with Gasteiger partial charge in [-0.05, 0) is 22.9 Å². The maximum Gasteiger partial charge on any atom is 0.272 e. The Bertz CT molecular complexity index is 574. The van der Waals surface area contributed by atoms with E-state index >= 15 is 0 Å². The molecular weight excluding hydrogens is 338 g/mol. The van der Waals surface area contributed by atoms with Crippen molar-refractivity contribution in [3.8, 4) is 11.7 Å². The minimum atomic E-state index is -2.55. The SMILES string of the molecule is CC(N)c1nc(Br)nn1-c1ncc(OCC(F)F)cn1. The van der Waals surface area contributed by atoms with Gasteiger partial charge in [-0.25, -0.2) is 23.7 Å². The first-order valence-corrected chi connectivity index (χ1v) is 6.38. The van der Waals surface area contributed by atoms with Crippen LogP contribution in [0, 0.1) is 0 Å². The Hall–Kier alpha value is -1.68. The molecule has 2 N–H and O–H groups in total. The van der Waals surface area contributed by atoms with Crippen LogP contribution in [0.2, 0.25) is 0 Å². The van der Waals surface area contributed by atoms with Crippen molar-refractivity contribution in [3.05, 3.63) is 23.0 Å². The van der Waals surface area contributed by atoms with Gasteiger partial charge in [-0.15, -0.1) is 5.10 Å². The van der Waals surface area contributed by atoms with Crippen LogP contribution >= 0.6 is 15.9 Å². The molecule has 0 aliphatic carbocycles. The third-order valence-corrected chi connectivity index (χ3v) is 2.53. The molecule has 0 saturated heterocycles. The van der Waals surface area contributed by atoms with Gasteiger partial charge in [0.25, 0.3) is 12.4 Å². The fourth-order valence-electron chi connectivity index (χ4n) is 1.39. The second-order valence-electron chi connectivity index (χ2n) is 3.86. The molecule has 108 valence electrons. The van der Waals surface area contributed by atoms with Crippen molar-refractivity contribution in [1.82, 2.24) is 24.7 Å². The monoisotopic (exact) mass is 348 g/mol. The van der Waals surface area contributed by atoms with Crippen molar-refractivity contribution in [2.75, 3.05) is 6.61 Å². The molecular formula is C10H11BrF2N6O. The summed E-state index contributed by atoms with van der Waals surface area (Å²) in [6.07, 6.45) is 0.0157. The smallest absolute Gasteiger partial charge is 0.272 e. The van der Waals surface area contributed by atoms with Gasteiger partial charge in [-0.2, -0.15) is 4.68 Å². The van der Waals surface area contributed by atoms with Gasteiger partial charge in [0.15, 0.2) is 11.6 Å². The summed E-state index contributed by atoms with van der Waals surface area (Å²) in [7, 11) is 0. The summed E-state index contributed by atoms with van der Waals surface area (Å²) in [5, 5.41) is 4.06. The van der Waals surface area contributed by atoms with Crippen LogP contribution in [0.3, 0.4) is 0 Å². The molecule has 0 fully saturated rings. The Morgan fingerprint density at radius 2 is 2.05 bits per heavy atom. The van der Waals surface area contributed by atoms with Gasteiger partial charge in [0.05, 0.1) is 18.4 Å². The summed E-state index contributed by atoms with van der Waals surface area (Å²) in [5.41, 5.74) is 5.77. The molecule has 1 atom stereocenters. The lowest BCUT2D eigenvalue weighted by atomic mass is 10.3. The molecule has 2 rings (SSSR count). The summed E-state index contributed by atoms with van der Waals surface area (Å²) in [5.74, 6) is 0.841. The average molecular weight is 349 g/mol. The van der Waals surface area contributed by atoms with E-state index in [0.717, 1.165) is 0 Å². The van der Waals surface area contributed by atoms with Crippen LogP contribution in [0.5, 0.6) is 5.75 Å². The van der Waals surface area contributed by atoms with E-state index in [4.69, 9.17) is 10.5 Å². The van der Waals surface area contributed by atoms with Crippen LogP contribution in [0.25, 0.3) is 5.95 Å². The Morgan fingerprint density at radius 3 is 2.60 bits per heavy atom. The van der Waals surface area contributed by atoms with Gasteiger partial charge in [0.2, 0.25) is 4.73 Å². The molecule has 0 aliphatic rings. The van der Waals surface area contributed by atoms with Crippen LogP contribution < -0.4 is 10.5 Å². The zero-order valence-electron chi connectivity index (χ0n) is 10.4. The Labute approximate surface area is 121 Å². The lowest BCUT2D eigenvalue weighted by Crippen LogP contribution is -2.15. The highest BCUT2D eigenvalue weighted by Gasteiger charge is 2.15. The van der Waals surface area contributed by atoms with E-state index in [1.807, 2.05) is 0 Å². The lowest BCUT2D eigenvalue weighted by Gasteiger charge is -2.07. The van der Waals surface area contributed by atoms with Crippen LogP contribution in [-0.4, -0.2) is 37.8 Å². The maximum atomic E-state index is 12.0. The third kappa shape index (κ3) is 3.45. The van der Waals surface area contributed by atoms with Gasteiger partial charge < -0.3 is 10.5 Å². The second kappa shape index (κ2) is 6.18. The fraction of sp³-hybridized carbons (Fsp3) is 0.400. The van der Waals surface area contributed by atoms with E-state index in [2.05, 4.69) is 36.0 Å². The number of halogens is 3. The number of aromatic nitrogens is 5. The van der Waals surface area contributed by atoms with Crippen molar-refractivity contribution < 1.29 is 13.5 Å². The summed E-state index contributed by atoms with van der Waals surface area (Å²) in [6.45, 7) is 1.04. The molecule has 0 saturated carbocycles. The zero-order valence-corrected chi connectivity index (χ0v) is 12.0. The quantitative estimate of drug-likeness (QED) is 0.879. The normalized spacial score (nSPS) is 12.7. The van der Waals surface area contributed by atoms with E-state index in [0.29, 0.717) is 10.6 Å². The highest BCUT2D eigenvalue weighted by molar-refractivity contribution is 9.10. The van der Waals surface area contributed by atoms with Gasteiger partial charge >= 0.3 is 0 Å². The Morgan fingerprint density at radius 1 is 1.40 bits per heavy atom. The standard InChI is InChI=1S/C10H11BrF2N6O/c1-5(14)8-17-9(11)18-19(8)10-15-2-6(3-16-10)20-4-7(12)13/h2-3,5,7H,4,14H2,1H3. The van der Waals surface area contributed by atoms with E-state index < -0.39 is 13.0 Å². The van der Waals surface area contributed by atoms with E-state index in [1.54, 1.807) is 6.92 Å². The fourth-order valence-corrected chi connectivity index (χ4v) is 1.73. The summed E-state index contributed by atoms with van der Waals surface area (Å²) >= 11 is 3.14. The molecule has 0 bridgehead atoms. The molecule has 0 radical (unpaired) electrons. The topological polar surface area (TPSA) is 91.7 Å². The molecule has 0 aliphatic heterocycles. The molecule has 2 heterocycles. The van der Waals surface area contributed by atoms with Crippen molar-refractivity contribution in [1.29, 1.82) is 0 Å². The van der Waals surface area contributed by atoms with Crippen molar-refractivity contribution in [2.24, 2.45) is 5.73 Å². The van der Waals surface area contributed by atoms with Crippen molar-refractivity contribution in [3.63, 3.8) is 0 Å². The highest BCUT2D eigenvalue weighted by atomic mass is 79.9. The molecule has 20 heavy (non-hydrogen) atoms. The molecule has 0 aromatic carbocycles. The minimum absolute atomic E-state index is 0.149. The predicted molar refractivity (Wildman–Crippen MR) is 68.8 cm³/mol. The molecule has 2 aromatic rings. The largest absolute Gasteiger partial charge is 0.484 e. The second-order valence-corrected chi connectivity index (χ2v) is 4.57. The number of nitrogens with zero attached hydrogens (tertiary/aromatic N) is 5. The number of nitrogens with two attached hydrogens (primary N) is 1. The summed E-state index contributed by atoms with van der Waals surface area (Å²) in [4.78, 5) is 12.1. The molecule has 0 amide bonds. The summed E-state index contributed by atoms with van der Waals surface area (Å²) in [6, 6.07) is -0.368. The predicted octanol–water partition coefficient (Wildman–Crippen LogP) is 1.48. The maximum absolute atomic E-state index is 12.0. The minimum Gasteiger partial charge on any atom is -0.484 e. The van der Waals surface area contributed by atoms with Gasteiger partial charge in [-0.3, -0.25) is 0 Å². The first-order valence-electron chi connectivity index (χ1n) is 5.58. The van der Waals surface area contributed by atoms with Crippen LogP contribution in [0.4, 0.5) is 8.78 Å². The van der Waals surface area contributed by atoms with Crippen molar-refractivity contribution >= 4 is 15.9 Å². The van der Waals surface area contributed by atoms with Gasteiger partial charge in [0, 0.05) is 0 Å². The van der Waals surface area contributed by atoms with Crippen molar-refractivity contribution in [2.45, 2.75) is 19.4 Å². The number of hydrogen-bond acceptors (Lipinski definition) is 6. The van der Waals surface area contributed by atoms with Crippen LogP contribution in [-0.2, 0) is 0 Å². The van der Waals surface area contributed by atoms with E-state index in [9.17, 15) is 8.78 Å². The van der Waals surface area contributed by atoms with Gasteiger partial charge in [0.1, 0.15) is 6.61 Å². The lowest BCUT2D eigenvalue weighted by molar-refractivity contribution is 0.0815. The first-order chi connectivity index (χ1) is 9.47. The molecule has 10 heteroatoms. The van der Waals surface area contributed by atoms with E-state index in [1.165, 1.54) is 17.1 Å². The first kappa shape index (κ1) is 14.7. The zero-order chi connectivity index (χ0) is 14.7. The number of hydrogen-bond donors (Lipinski definition) is 1. The average Bonchev–Trinajstić information content (AvgIpc) is 2.79. The highest BCUT2D eigenvalue weighted by Crippen LogP contribution is 2.16. The molecule has 2 aromatic heterocycles. The molecule has 7 nitrogen and oxygen atoms in total.